The predicted octanol–water partition coefficient (Wildman–Crippen LogP) is 4.35. The molecule has 1 aliphatic heterocycles. The molecule has 1 saturated heterocycles. The van der Waals surface area contributed by atoms with E-state index in [4.69, 9.17) is 16.2 Å². The average molecular weight is 448 g/mol. The molecule has 4 aromatic rings. The second-order valence-corrected chi connectivity index (χ2v) is 8.46. The largest absolute Gasteiger partial charge is 0.492 e. The number of aromatic nitrogens is 1. The van der Waals surface area contributed by atoms with Gasteiger partial charge in [0.25, 0.3) is 0 Å². The molecule has 0 amide bonds. The van der Waals surface area contributed by atoms with Gasteiger partial charge >= 0.3 is 0 Å². The Hall–Kier alpha value is -3.29. The van der Waals surface area contributed by atoms with Crippen molar-refractivity contribution in [3.05, 3.63) is 78.9 Å². The van der Waals surface area contributed by atoms with Crippen molar-refractivity contribution < 1.29 is 4.74 Å². The van der Waals surface area contributed by atoms with E-state index in [9.17, 15) is 0 Å². The first-order chi connectivity index (χ1) is 15.7. The quantitative estimate of drug-likeness (QED) is 0.443. The molecule has 0 bridgehead atoms. The van der Waals surface area contributed by atoms with Crippen LogP contribution in [0.4, 0.5) is 17.2 Å². The Bertz CT molecular complexity index is 1090. The van der Waals surface area contributed by atoms with E-state index in [0.717, 1.165) is 55.7 Å². The van der Waals surface area contributed by atoms with E-state index < -0.39 is 0 Å². The van der Waals surface area contributed by atoms with E-state index in [0.29, 0.717) is 6.61 Å². The summed E-state index contributed by atoms with van der Waals surface area (Å²) in [6, 6.07) is 25.5. The average Bonchev–Trinajstić information content (AvgIpc) is 3.26. The van der Waals surface area contributed by atoms with E-state index in [2.05, 4.69) is 38.4 Å². The van der Waals surface area contributed by atoms with Crippen LogP contribution >= 0.6 is 11.5 Å². The molecule has 1 aromatic heterocycles. The van der Waals surface area contributed by atoms with Crippen molar-refractivity contribution in [3.63, 3.8) is 0 Å². The number of para-hydroxylation sites is 1. The van der Waals surface area contributed by atoms with Crippen molar-refractivity contribution >= 4 is 38.8 Å². The van der Waals surface area contributed by atoms with Gasteiger partial charge in [0.2, 0.25) is 0 Å². The molecule has 0 atom stereocenters. The van der Waals surface area contributed by atoms with Gasteiger partial charge in [0.15, 0.2) is 0 Å². The van der Waals surface area contributed by atoms with Crippen LogP contribution in [-0.2, 0) is 0 Å². The molecule has 5 rings (SSSR count). The molecule has 0 radical (unpaired) electrons. The van der Waals surface area contributed by atoms with E-state index >= 15 is 0 Å². The summed E-state index contributed by atoms with van der Waals surface area (Å²) in [7, 11) is 0. The zero-order chi connectivity index (χ0) is 22.2. The van der Waals surface area contributed by atoms with Gasteiger partial charge in [0, 0.05) is 49.5 Å². The van der Waals surface area contributed by atoms with Crippen LogP contribution in [0.3, 0.4) is 0 Å². The number of benzene rings is 3. The first-order valence-corrected chi connectivity index (χ1v) is 11.6. The van der Waals surface area contributed by atoms with Gasteiger partial charge in [-0.2, -0.15) is 4.37 Å². The summed E-state index contributed by atoms with van der Waals surface area (Å²) in [5.41, 5.74) is 12.6. The zero-order valence-electron chi connectivity index (χ0n) is 18.1. The molecule has 32 heavy (non-hydrogen) atoms. The van der Waals surface area contributed by atoms with Gasteiger partial charge in [-0.1, -0.05) is 30.3 Å². The molecule has 0 spiro atoms. The van der Waals surface area contributed by atoms with Crippen LogP contribution in [0, 0.1) is 0 Å². The van der Waals surface area contributed by atoms with Crippen LogP contribution in [0.2, 0.25) is 0 Å². The van der Waals surface area contributed by atoms with Crippen molar-refractivity contribution in [2.75, 3.05) is 55.7 Å². The number of hydrogen-bond donors (Lipinski definition) is 2. The Balaban J connectivity index is 0.000000300. The lowest BCUT2D eigenvalue weighted by Gasteiger charge is -2.34. The fraction of sp³-hybridized carbons (Fsp3) is 0.240. The third kappa shape index (κ3) is 5.90. The monoisotopic (exact) mass is 447 g/mol. The molecular formula is C25H29N5OS. The van der Waals surface area contributed by atoms with E-state index in [1.807, 2.05) is 54.6 Å². The van der Waals surface area contributed by atoms with Gasteiger partial charge in [0.1, 0.15) is 18.2 Å². The number of piperazine rings is 1. The van der Waals surface area contributed by atoms with Crippen molar-refractivity contribution in [1.82, 2.24) is 9.27 Å². The third-order valence-electron chi connectivity index (χ3n) is 5.39. The molecule has 1 fully saturated rings. The highest BCUT2D eigenvalue weighted by Crippen LogP contribution is 2.29. The van der Waals surface area contributed by atoms with Crippen molar-refractivity contribution in [1.29, 1.82) is 0 Å². The number of anilines is 3. The fourth-order valence-electron chi connectivity index (χ4n) is 3.59. The highest BCUT2D eigenvalue weighted by atomic mass is 32.1. The Morgan fingerprint density at radius 1 is 0.781 bits per heavy atom. The fourth-order valence-corrected chi connectivity index (χ4v) is 4.39. The maximum Gasteiger partial charge on any atom is 0.150 e. The second kappa shape index (κ2) is 10.8. The number of hydrogen-bond acceptors (Lipinski definition) is 7. The summed E-state index contributed by atoms with van der Waals surface area (Å²) in [5.74, 6) is 2.01. The van der Waals surface area contributed by atoms with Crippen LogP contribution < -0.4 is 21.1 Å². The van der Waals surface area contributed by atoms with E-state index in [-0.39, 0.29) is 0 Å². The number of nitrogens with zero attached hydrogens (tertiary/aromatic N) is 3. The Kier molecular flexibility index (Phi) is 7.42. The van der Waals surface area contributed by atoms with Crippen LogP contribution in [0.1, 0.15) is 0 Å². The highest BCUT2D eigenvalue weighted by Gasteiger charge is 2.20. The van der Waals surface area contributed by atoms with Crippen LogP contribution in [0.15, 0.2) is 78.9 Å². The van der Waals surface area contributed by atoms with Crippen LogP contribution in [-0.4, -0.2) is 48.6 Å². The number of ether oxygens (including phenoxy) is 1. The first kappa shape index (κ1) is 21.9. The Morgan fingerprint density at radius 2 is 1.44 bits per heavy atom. The minimum absolute atomic E-state index is 0.698. The normalized spacial score (nSPS) is 14.1. The summed E-state index contributed by atoms with van der Waals surface area (Å²) in [6.07, 6.45) is 0. The third-order valence-corrected chi connectivity index (χ3v) is 6.20. The SMILES string of the molecule is Nc1ccc(OCCN2CCN(c3nsc4ccccc34)CC2)cc1.Nc1ccccc1. The molecule has 1 aliphatic rings. The molecular weight excluding hydrogens is 418 g/mol. The van der Waals surface area contributed by atoms with Gasteiger partial charge in [-0.05, 0) is 60.1 Å². The molecule has 0 saturated carbocycles. The number of rotatable bonds is 5. The lowest BCUT2D eigenvalue weighted by molar-refractivity contribution is 0.200. The molecule has 3 aromatic carbocycles. The topological polar surface area (TPSA) is 80.6 Å². The molecule has 4 N–H and O–H groups in total. The minimum Gasteiger partial charge on any atom is -0.492 e. The van der Waals surface area contributed by atoms with Gasteiger partial charge < -0.3 is 21.1 Å². The Labute approximate surface area is 193 Å². The summed E-state index contributed by atoms with van der Waals surface area (Å²) in [6.45, 7) is 5.73. The van der Waals surface area contributed by atoms with Crippen LogP contribution in [0.5, 0.6) is 5.75 Å². The van der Waals surface area contributed by atoms with Gasteiger partial charge in [-0.15, -0.1) is 0 Å². The smallest absolute Gasteiger partial charge is 0.150 e. The second-order valence-electron chi connectivity index (χ2n) is 7.66. The van der Waals surface area contributed by atoms with E-state index in [1.165, 1.54) is 10.1 Å². The van der Waals surface area contributed by atoms with Gasteiger partial charge in [0.05, 0.1) is 4.70 Å². The molecule has 2 heterocycles. The standard InChI is InChI=1S/C19H22N4OS.C6H7N/c20-15-5-7-16(8-6-15)24-14-13-22-9-11-23(12-10-22)19-17-3-1-2-4-18(17)25-21-19;7-6-4-2-1-3-5-6/h1-8H,9-14,20H2;1-5H,7H2. The van der Waals surface area contributed by atoms with Crippen LogP contribution in [0.25, 0.3) is 10.1 Å². The highest BCUT2D eigenvalue weighted by molar-refractivity contribution is 7.13. The molecule has 166 valence electrons. The summed E-state index contributed by atoms with van der Waals surface area (Å²) < 4.78 is 11.7. The first-order valence-electron chi connectivity index (χ1n) is 10.8. The van der Waals surface area contributed by atoms with Gasteiger partial charge in [-0.25, -0.2) is 0 Å². The number of nitrogen functional groups attached to an aromatic ring is 2. The molecule has 6 nitrogen and oxygen atoms in total. The minimum atomic E-state index is 0.698. The number of nitrogens with two attached hydrogens (primary N) is 2. The zero-order valence-corrected chi connectivity index (χ0v) is 18.9. The molecule has 0 aliphatic carbocycles. The molecule has 7 heteroatoms. The van der Waals surface area contributed by atoms with Crippen molar-refractivity contribution in [3.8, 4) is 5.75 Å². The van der Waals surface area contributed by atoms with Crippen molar-refractivity contribution in [2.45, 2.75) is 0 Å². The lowest BCUT2D eigenvalue weighted by Crippen LogP contribution is -2.47. The Morgan fingerprint density at radius 3 is 2.12 bits per heavy atom. The predicted molar refractivity (Wildman–Crippen MR) is 135 cm³/mol. The maximum atomic E-state index is 5.80. The summed E-state index contributed by atoms with van der Waals surface area (Å²) in [5, 5.41) is 1.27. The lowest BCUT2D eigenvalue weighted by atomic mass is 10.2. The van der Waals surface area contributed by atoms with E-state index in [1.54, 1.807) is 11.5 Å². The van der Waals surface area contributed by atoms with Crippen molar-refractivity contribution in [2.24, 2.45) is 0 Å². The number of fused-ring (bicyclic) bond motifs is 1. The maximum absolute atomic E-state index is 5.80. The van der Waals surface area contributed by atoms with Gasteiger partial charge in [-0.3, -0.25) is 4.90 Å². The summed E-state index contributed by atoms with van der Waals surface area (Å²) in [4.78, 5) is 4.85. The molecule has 0 unspecified atom stereocenters. The summed E-state index contributed by atoms with van der Waals surface area (Å²) >= 11 is 1.59.